The molecule has 4 N–H and O–H groups in total. The lowest BCUT2D eigenvalue weighted by Gasteiger charge is -2.18. The summed E-state index contributed by atoms with van der Waals surface area (Å²) in [5.74, 6) is 0. The molecule has 4 aromatic rings. The third-order valence-electron chi connectivity index (χ3n) is 6.06. The Morgan fingerprint density at radius 2 is 0.838 bits per heavy atom. The van der Waals surface area contributed by atoms with Gasteiger partial charge < -0.3 is 11.5 Å². The number of nitrogens with two attached hydrogens (primary N) is 2. The molecule has 0 aliphatic rings. The van der Waals surface area contributed by atoms with Gasteiger partial charge in [0.05, 0.1) is 9.81 Å². The van der Waals surface area contributed by atoms with E-state index in [1.54, 1.807) is 36.4 Å². The number of benzene rings is 4. The second kappa shape index (κ2) is 12.5. The van der Waals surface area contributed by atoms with E-state index in [-0.39, 0.29) is 9.81 Å². The molecule has 0 fully saturated rings. The van der Waals surface area contributed by atoms with Crippen LogP contribution in [-0.4, -0.2) is 20.5 Å². The van der Waals surface area contributed by atoms with Crippen molar-refractivity contribution in [1.82, 2.24) is 0 Å². The normalized spacial score (nSPS) is 14.2. The van der Waals surface area contributed by atoms with E-state index < -0.39 is 21.9 Å². The number of rotatable bonds is 10. The molecule has 0 aliphatic heterocycles. The fourth-order valence-corrected chi connectivity index (χ4v) is 6.12. The summed E-state index contributed by atoms with van der Waals surface area (Å²) in [5.41, 5.74) is 16.3. The Morgan fingerprint density at radius 3 is 1.16 bits per heavy atom. The first-order valence-corrected chi connectivity index (χ1v) is 13.8. The van der Waals surface area contributed by atoms with Crippen LogP contribution in [0.3, 0.4) is 0 Å². The van der Waals surface area contributed by atoms with E-state index >= 15 is 0 Å². The molecular formula is C32H32N2O2S. The fourth-order valence-electron chi connectivity index (χ4n) is 4.28. The minimum Gasteiger partial charge on any atom is -0.324 e. The van der Waals surface area contributed by atoms with Gasteiger partial charge in [0.1, 0.15) is 0 Å². The van der Waals surface area contributed by atoms with Gasteiger partial charge in [0.15, 0.2) is 0 Å². The molecule has 5 heteroatoms. The summed E-state index contributed by atoms with van der Waals surface area (Å²) in [6, 6.07) is 36.9. The van der Waals surface area contributed by atoms with Crippen molar-refractivity contribution < 1.29 is 8.42 Å². The van der Waals surface area contributed by atoms with E-state index in [0.29, 0.717) is 24.0 Å². The van der Waals surface area contributed by atoms with Crippen molar-refractivity contribution in [2.24, 2.45) is 11.5 Å². The topological polar surface area (TPSA) is 86.2 Å². The van der Waals surface area contributed by atoms with Gasteiger partial charge >= 0.3 is 0 Å². The zero-order valence-electron chi connectivity index (χ0n) is 20.7. The average molecular weight is 509 g/mol. The van der Waals surface area contributed by atoms with Crippen LogP contribution in [0.1, 0.15) is 22.3 Å². The second-order valence-corrected chi connectivity index (χ2v) is 10.9. The van der Waals surface area contributed by atoms with Gasteiger partial charge in [-0.3, -0.25) is 0 Å². The van der Waals surface area contributed by atoms with E-state index in [4.69, 9.17) is 11.5 Å². The second-order valence-electron chi connectivity index (χ2n) is 9.00. The number of hydrogen-bond donors (Lipinski definition) is 2. The van der Waals surface area contributed by atoms with Crippen molar-refractivity contribution in [3.05, 3.63) is 156 Å². The molecule has 0 saturated heterocycles. The first-order chi connectivity index (χ1) is 17.9. The smallest absolute Gasteiger partial charge is 0.207 e. The molecule has 0 aliphatic carbocycles. The summed E-state index contributed by atoms with van der Waals surface area (Å²) in [6.07, 6.45) is 4.36. The Balaban J connectivity index is 1.78. The summed E-state index contributed by atoms with van der Waals surface area (Å²) >= 11 is 0. The third kappa shape index (κ3) is 7.14. The van der Waals surface area contributed by atoms with Crippen molar-refractivity contribution >= 4 is 19.6 Å². The van der Waals surface area contributed by atoms with Gasteiger partial charge in [-0.15, -0.1) is 0 Å². The summed E-state index contributed by atoms with van der Waals surface area (Å²) in [4.78, 5) is 0.358. The minimum absolute atomic E-state index is 0.179. The van der Waals surface area contributed by atoms with Gasteiger partial charge in [-0.2, -0.15) is 0 Å². The molecule has 4 aromatic carbocycles. The maximum atomic E-state index is 14.4. The molecule has 0 heterocycles. The molecule has 0 saturated carbocycles. The van der Waals surface area contributed by atoms with Gasteiger partial charge in [-0.05, 0) is 47.2 Å². The quantitative estimate of drug-likeness (QED) is 0.291. The van der Waals surface area contributed by atoms with Crippen molar-refractivity contribution in [3.63, 3.8) is 0 Å². The Kier molecular flexibility index (Phi) is 8.86. The van der Waals surface area contributed by atoms with Crippen molar-refractivity contribution in [2.75, 3.05) is 0 Å². The highest BCUT2D eigenvalue weighted by molar-refractivity contribution is 8.09. The van der Waals surface area contributed by atoms with E-state index in [1.807, 2.05) is 97.1 Å². The SMILES string of the molecule is N[C@H](C=C(c1ccccc1)S(=O)(=O)C(=C[C@@H](N)Cc1ccccc1)c1ccccc1)Cc1ccccc1. The van der Waals surface area contributed by atoms with Crippen LogP contribution in [0.15, 0.2) is 133 Å². The summed E-state index contributed by atoms with van der Waals surface area (Å²) in [6.45, 7) is 0. The predicted octanol–water partition coefficient (Wildman–Crippen LogP) is 5.62. The highest BCUT2D eigenvalue weighted by Gasteiger charge is 2.27. The van der Waals surface area contributed by atoms with Gasteiger partial charge in [0.2, 0.25) is 9.84 Å². The monoisotopic (exact) mass is 508 g/mol. The van der Waals surface area contributed by atoms with E-state index in [9.17, 15) is 8.42 Å². The Morgan fingerprint density at radius 1 is 0.541 bits per heavy atom. The van der Waals surface area contributed by atoms with Crippen LogP contribution in [0.4, 0.5) is 0 Å². The van der Waals surface area contributed by atoms with Crippen LogP contribution in [0.2, 0.25) is 0 Å². The highest BCUT2D eigenvalue weighted by Crippen LogP contribution is 2.34. The Labute approximate surface area is 219 Å². The van der Waals surface area contributed by atoms with Crippen molar-refractivity contribution in [2.45, 2.75) is 24.9 Å². The van der Waals surface area contributed by atoms with Crippen LogP contribution in [0.25, 0.3) is 9.81 Å². The fraction of sp³-hybridized carbons (Fsp3) is 0.125. The molecule has 0 aromatic heterocycles. The van der Waals surface area contributed by atoms with Gasteiger partial charge in [0, 0.05) is 12.1 Å². The Hall–Kier alpha value is -3.77. The molecule has 4 rings (SSSR count). The van der Waals surface area contributed by atoms with E-state index in [2.05, 4.69) is 0 Å². The molecule has 0 spiro atoms. The molecule has 2 atom stereocenters. The molecule has 0 radical (unpaired) electrons. The minimum atomic E-state index is -3.98. The molecular weight excluding hydrogens is 476 g/mol. The average Bonchev–Trinajstić information content (AvgIpc) is 2.92. The molecule has 0 bridgehead atoms. The largest absolute Gasteiger partial charge is 0.324 e. The third-order valence-corrected chi connectivity index (χ3v) is 7.96. The van der Waals surface area contributed by atoms with Crippen LogP contribution in [-0.2, 0) is 22.7 Å². The lowest BCUT2D eigenvalue weighted by atomic mass is 10.0. The van der Waals surface area contributed by atoms with Gasteiger partial charge in [-0.25, -0.2) is 8.42 Å². The molecule has 37 heavy (non-hydrogen) atoms. The maximum absolute atomic E-state index is 14.4. The Bertz CT molecular complexity index is 1330. The molecule has 4 nitrogen and oxygen atoms in total. The van der Waals surface area contributed by atoms with Crippen LogP contribution in [0, 0.1) is 0 Å². The number of hydrogen-bond acceptors (Lipinski definition) is 4. The standard InChI is InChI=1S/C32H32N2O2S/c33-29(21-25-13-5-1-6-14-25)23-31(27-17-9-3-10-18-27)37(35,36)32(28-19-11-4-12-20-28)24-30(34)22-26-15-7-2-8-16-26/h1-20,23-24,29-30H,21-22,33-34H2/t29-,30-/m0/s1. The van der Waals surface area contributed by atoms with Crippen molar-refractivity contribution in [1.29, 1.82) is 0 Å². The lowest BCUT2D eigenvalue weighted by molar-refractivity contribution is 0.614. The van der Waals surface area contributed by atoms with Crippen molar-refractivity contribution in [3.8, 4) is 0 Å². The van der Waals surface area contributed by atoms with Gasteiger partial charge in [0.25, 0.3) is 0 Å². The lowest BCUT2D eigenvalue weighted by Crippen LogP contribution is -2.23. The van der Waals surface area contributed by atoms with E-state index in [0.717, 1.165) is 11.1 Å². The van der Waals surface area contributed by atoms with Crippen LogP contribution in [0.5, 0.6) is 0 Å². The van der Waals surface area contributed by atoms with Gasteiger partial charge in [-0.1, -0.05) is 121 Å². The first kappa shape index (κ1) is 26.3. The van der Waals surface area contributed by atoms with Crippen LogP contribution >= 0.6 is 0 Å². The van der Waals surface area contributed by atoms with E-state index in [1.165, 1.54) is 0 Å². The summed E-state index contributed by atoms with van der Waals surface area (Å²) < 4.78 is 28.7. The maximum Gasteiger partial charge on any atom is 0.207 e. The summed E-state index contributed by atoms with van der Waals surface area (Å²) in [5, 5.41) is 0. The van der Waals surface area contributed by atoms with Crippen LogP contribution < -0.4 is 11.5 Å². The molecule has 188 valence electrons. The number of sulfone groups is 1. The predicted molar refractivity (Wildman–Crippen MR) is 154 cm³/mol. The zero-order chi connectivity index (χ0) is 26.1. The molecule has 0 unspecified atom stereocenters. The molecule has 0 amide bonds. The summed E-state index contributed by atoms with van der Waals surface area (Å²) in [7, 11) is -3.98. The highest BCUT2D eigenvalue weighted by atomic mass is 32.2. The first-order valence-electron chi connectivity index (χ1n) is 12.3. The zero-order valence-corrected chi connectivity index (χ0v) is 21.5.